The first-order valence-electron chi connectivity index (χ1n) is 11.9. The quantitative estimate of drug-likeness (QED) is 0.239. The van der Waals surface area contributed by atoms with Gasteiger partial charge in [-0.2, -0.15) is 10.5 Å². The SMILES string of the molecule is N#Cc1ccc(Oc2cccc(Oc3ccc(C#N)cc3)c2N2c3ccccc3Oc3ccccc32)cc1. The van der Waals surface area contributed by atoms with Crippen molar-refractivity contribution in [1.29, 1.82) is 10.5 Å². The molecule has 0 saturated heterocycles. The van der Waals surface area contributed by atoms with E-state index in [1.807, 2.05) is 66.7 Å². The zero-order valence-electron chi connectivity index (χ0n) is 20.0. The fraction of sp³-hybridized carbons (Fsp3) is 0. The van der Waals surface area contributed by atoms with Gasteiger partial charge in [0.15, 0.2) is 23.0 Å². The fourth-order valence-electron chi connectivity index (χ4n) is 4.28. The van der Waals surface area contributed by atoms with E-state index in [2.05, 4.69) is 17.0 Å². The number of hydrogen-bond donors (Lipinski definition) is 0. The molecule has 0 amide bonds. The van der Waals surface area contributed by atoms with E-state index in [1.54, 1.807) is 48.5 Å². The molecule has 0 N–H and O–H groups in total. The maximum Gasteiger partial charge on any atom is 0.155 e. The van der Waals surface area contributed by atoms with Gasteiger partial charge in [0.2, 0.25) is 0 Å². The first kappa shape index (κ1) is 22.7. The second-order valence-corrected chi connectivity index (χ2v) is 8.45. The highest BCUT2D eigenvalue weighted by Crippen LogP contribution is 2.55. The number of nitriles is 2. The van der Waals surface area contributed by atoms with Gasteiger partial charge in [0.05, 0.1) is 34.6 Å². The molecule has 0 atom stereocenters. The van der Waals surface area contributed by atoms with Gasteiger partial charge in [-0.3, -0.25) is 4.90 Å². The van der Waals surface area contributed by atoms with Crippen LogP contribution >= 0.6 is 0 Å². The summed E-state index contributed by atoms with van der Waals surface area (Å²) in [5, 5.41) is 18.4. The van der Waals surface area contributed by atoms with Gasteiger partial charge in [0.25, 0.3) is 0 Å². The minimum atomic E-state index is 0.548. The van der Waals surface area contributed by atoms with Crippen molar-refractivity contribution in [3.63, 3.8) is 0 Å². The maximum atomic E-state index is 9.18. The molecule has 0 aromatic heterocycles. The summed E-state index contributed by atoms with van der Waals surface area (Å²) < 4.78 is 19.0. The lowest BCUT2D eigenvalue weighted by Gasteiger charge is -2.34. The van der Waals surface area contributed by atoms with Crippen LogP contribution < -0.4 is 19.1 Å². The van der Waals surface area contributed by atoms with Crippen molar-refractivity contribution in [3.05, 3.63) is 126 Å². The molecule has 180 valence electrons. The lowest BCUT2D eigenvalue weighted by molar-refractivity contribution is 0.457. The standard InChI is InChI=1S/C32H19N3O3/c33-20-22-12-16-24(17-13-22)36-30-10-5-11-31(37-25-18-14-23(21-34)15-19-25)32(30)35-26-6-1-3-8-28(26)38-29-9-4-2-7-27(29)35/h1-19H. The first-order chi connectivity index (χ1) is 18.7. The van der Waals surface area contributed by atoms with Crippen molar-refractivity contribution in [1.82, 2.24) is 0 Å². The third kappa shape index (κ3) is 4.24. The molecule has 5 aromatic carbocycles. The smallest absolute Gasteiger partial charge is 0.155 e. The van der Waals surface area contributed by atoms with Crippen molar-refractivity contribution in [2.45, 2.75) is 0 Å². The summed E-state index contributed by atoms with van der Waals surface area (Å²) in [4.78, 5) is 2.06. The van der Waals surface area contributed by atoms with Crippen molar-refractivity contribution >= 4 is 17.1 Å². The van der Waals surface area contributed by atoms with Crippen LogP contribution in [0.25, 0.3) is 0 Å². The molecule has 0 radical (unpaired) electrons. The molecule has 38 heavy (non-hydrogen) atoms. The minimum absolute atomic E-state index is 0.548. The Balaban J connectivity index is 1.53. The van der Waals surface area contributed by atoms with E-state index in [1.165, 1.54) is 0 Å². The van der Waals surface area contributed by atoms with Gasteiger partial charge < -0.3 is 14.2 Å². The van der Waals surface area contributed by atoms with Gasteiger partial charge in [-0.1, -0.05) is 30.3 Å². The molecule has 6 nitrogen and oxygen atoms in total. The van der Waals surface area contributed by atoms with E-state index in [0.717, 1.165) is 11.4 Å². The number of ether oxygens (including phenoxy) is 3. The van der Waals surface area contributed by atoms with Gasteiger partial charge in [-0.25, -0.2) is 0 Å². The second-order valence-electron chi connectivity index (χ2n) is 8.45. The second kappa shape index (κ2) is 9.73. The minimum Gasteiger partial charge on any atom is -0.455 e. The highest BCUT2D eigenvalue weighted by atomic mass is 16.5. The first-order valence-corrected chi connectivity index (χ1v) is 11.9. The van der Waals surface area contributed by atoms with E-state index in [-0.39, 0.29) is 0 Å². The van der Waals surface area contributed by atoms with Gasteiger partial charge in [0, 0.05) is 0 Å². The Morgan fingerprint density at radius 3 is 1.42 bits per heavy atom. The highest BCUT2D eigenvalue weighted by Gasteiger charge is 2.30. The Labute approximate surface area is 219 Å². The van der Waals surface area contributed by atoms with Gasteiger partial charge in [-0.05, 0) is 84.9 Å². The molecule has 0 aliphatic carbocycles. The van der Waals surface area contributed by atoms with Crippen LogP contribution in [0.3, 0.4) is 0 Å². The van der Waals surface area contributed by atoms with Crippen LogP contribution in [0, 0.1) is 22.7 Å². The van der Waals surface area contributed by atoms with E-state index >= 15 is 0 Å². The summed E-state index contributed by atoms with van der Waals surface area (Å²) >= 11 is 0. The van der Waals surface area contributed by atoms with Crippen LogP contribution in [-0.4, -0.2) is 0 Å². The zero-order chi connectivity index (χ0) is 25.9. The summed E-state index contributed by atoms with van der Waals surface area (Å²) in [7, 11) is 0. The number of nitrogens with zero attached hydrogens (tertiary/aromatic N) is 3. The fourth-order valence-corrected chi connectivity index (χ4v) is 4.28. The number of hydrogen-bond acceptors (Lipinski definition) is 6. The Morgan fingerprint density at radius 1 is 0.526 bits per heavy atom. The Kier molecular flexibility index (Phi) is 5.82. The predicted octanol–water partition coefficient (Wildman–Crippen LogP) is 8.59. The molecule has 0 unspecified atom stereocenters. The number of benzene rings is 5. The Hall–Kier alpha value is -5.72. The van der Waals surface area contributed by atoms with Gasteiger partial charge in [-0.15, -0.1) is 0 Å². The normalized spacial score (nSPS) is 11.3. The van der Waals surface area contributed by atoms with Gasteiger partial charge >= 0.3 is 0 Å². The lowest BCUT2D eigenvalue weighted by Crippen LogP contribution is -2.17. The van der Waals surface area contributed by atoms with Crippen molar-refractivity contribution in [2.75, 3.05) is 4.90 Å². The van der Waals surface area contributed by atoms with Crippen LogP contribution in [0.1, 0.15) is 11.1 Å². The van der Waals surface area contributed by atoms with E-state index < -0.39 is 0 Å². The molecular formula is C32H19N3O3. The average Bonchev–Trinajstić information content (AvgIpc) is 2.97. The lowest BCUT2D eigenvalue weighted by atomic mass is 10.1. The van der Waals surface area contributed by atoms with Crippen LogP contribution in [-0.2, 0) is 0 Å². The maximum absolute atomic E-state index is 9.18. The van der Waals surface area contributed by atoms with E-state index in [4.69, 9.17) is 14.2 Å². The van der Waals surface area contributed by atoms with Crippen LogP contribution in [0.5, 0.6) is 34.5 Å². The molecule has 1 aliphatic heterocycles. The van der Waals surface area contributed by atoms with Crippen molar-refractivity contribution < 1.29 is 14.2 Å². The molecule has 1 heterocycles. The third-order valence-electron chi connectivity index (χ3n) is 6.04. The zero-order valence-corrected chi connectivity index (χ0v) is 20.0. The van der Waals surface area contributed by atoms with Crippen LogP contribution in [0.4, 0.5) is 17.1 Å². The summed E-state index contributed by atoms with van der Waals surface area (Å²) in [6.07, 6.45) is 0. The average molecular weight is 494 g/mol. The van der Waals surface area contributed by atoms with E-state index in [0.29, 0.717) is 51.3 Å². The molecular weight excluding hydrogens is 474 g/mol. The third-order valence-corrected chi connectivity index (χ3v) is 6.04. The largest absolute Gasteiger partial charge is 0.455 e. The van der Waals surface area contributed by atoms with Crippen molar-refractivity contribution in [2.24, 2.45) is 0 Å². The number of anilines is 3. The Bertz CT molecular complexity index is 1590. The monoisotopic (exact) mass is 493 g/mol. The Morgan fingerprint density at radius 2 is 0.974 bits per heavy atom. The topological polar surface area (TPSA) is 78.5 Å². The molecule has 0 bridgehead atoms. The molecule has 0 spiro atoms. The molecule has 0 fully saturated rings. The predicted molar refractivity (Wildman–Crippen MR) is 144 cm³/mol. The summed E-state index contributed by atoms with van der Waals surface area (Å²) in [5.74, 6) is 3.65. The molecule has 5 aromatic rings. The molecule has 0 saturated carbocycles. The highest BCUT2D eigenvalue weighted by molar-refractivity contribution is 5.91. The molecule has 6 rings (SSSR count). The molecule has 6 heteroatoms. The number of para-hydroxylation sites is 5. The van der Waals surface area contributed by atoms with Gasteiger partial charge in [0.1, 0.15) is 17.2 Å². The summed E-state index contributed by atoms with van der Waals surface area (Å²) in [6, 6.07) is 39.3. The number of rotatable bonds is 5. The molecule has 1 aliphatic rings. The van der Waals surface area contributed by atoms with E-state index in [9.17, 15) is 10.5 Å². The van der Waals surface area contributed by atoms with Crippen LogP contribution in [0.15, 0.2) is 115 Å². The summed E-state index contributed by atoms with van der Waals surface area (Å²) in [5.41, 5.74) is 3.42. The summed E-state index contributed by atoms with van der Waals surface area (Å²) in [6.45, 7) is 0. The van der Waals surface area contributed by atoms with Crippen LogP contribution in [0.2, 0.25) is 0 Å². The van der Waals surface area contributed by atoms with Crippen molar-refractivity contribution in [3.8, 4) is 46.6 Å². The number of fused-ring (bicyclic) bond motifs is 2.